The number of ether oxygens (including phenoxy) is 3. The van der Waals surface area contributed by atoms with Crippen LogP contribution < -0.4 is 5.32 Å². The van der Waals surface area contributed by atoms with E-state index in [0.717, 1.165) is 5.56 Å². The van der Waals surface area contributed by atoms with Crippen LogP contribution in [0.25, 0.3) is 11.2 Å². The number of nitrogens with one attached hydrogen (secondary N) is 1. The van der Waals surface area contributed by atoms with Gasteiger partial charge < -0.3 is 19.5 Å². The molecule has 2 aliphatic heterocycles. The van der Waals surface area contributed by atoms with E-state index < -0.39 is 6.23 Å². The lowest BCUT2D eigenvalue weighted by molar-refractivity contribution is -0.125. The minimum atomic E-state index is -0.429. The highest BCUT2D eigenvalue weighted by atomic mass is 16.7. The second-order valence-electron chi connectivity index (χ2n) is 7.99. The second kappa shape index (κ2) is 8.36. The van der Waals surface area contributed by atoms with Crippen molar-refractivity contribution < 1.29 is 19.0 Å². The van der Waals surface area contributed by atoms with Gasteiger partial charge in [-0.05, 0) is 17.7 Å². The Balaban J connectivity index is 1.23. The maximum Gasteiger partial charge on any atom is 0.256 e. The van der Waals surface area contributed by atoms with E-state index in [1.54, 1.807) is 18.5 Å². The number of anilines is 1. The Morgan fingerprint density at radius 3 is 2.67 bits per heavy atom. The van der Waals surface area contributed by atoms with Crippen LogP contribution in [0.3, 0.4) is 0 Å². The van der Waals surface area contributed by atoms with Crippen molar-refractivity contribution in [1.29, 1.82) is 0 Å². The molecule has 0 radical (unpaired) electrons. The van der Waals surface area contributed by atoms with E-state index in [9.17, 15) is 4.79 Å². The van der Waals surface area contributed by atoms with Gasteiger partial charge in [-0.3, -0.25) is 9.36 Å². The quantitative estimate of drug-likeness (QED) is 0.489. The first-order chi connectivity index (χ1) is 16.3. The average Bonchev–Trinajstić information content (AvgIpc) is 3.57. The normalized spacial score (nSPS) is 23.8. The summed E-state index contributed by atoms with van der Waals surface area (Å²) in [7, 11) is 0. The van der Waals surface area contributed by atoms with Crippen LogP contribution >= 0.6 is 0 Å². The summed E-state index contributed by atoms with van der Waals surface area (Å²) in [5.41, 5.74) is 2.66. The van der Waals surface area contributed by atoms with Gasteiger partial charge in [-0.25, -0.2) is 15.0 Å². The van der Waals surface area contributed by atoms with E-state index in [4.69, 9.17) is 14.2 Å². The Morgan fingerprint density at radius 1 is 1.06 bits per heavy atom. The molecule has 4 aromatic rings. The SMILES string of the molecule is O=C(Nc1ncnc2c1ncn2[C@@H]1O[C@H]2CO[C@H]1[C@@H]2OCc1ccccc1)c1ccccc1. The summed E-state index contributed by atoms with van der Waals surface area (Å²) in [5.74, 6) is 0.0765. The first-order valence-electron chi connectivity index (χ1n) is 10.7. The molecule has 4 heterocycles. The molecule has 9 nitrogen and oxygen atoms in total. The van der Waals surface area contributed by atoms with Crippen LogP contribution in [-0.4, -0.2) is 50.3 Å². The Morgan fingerprint density at radius 2 is 1.85 bits per heavy atom. The van der Waals surface area contributed by atoms with E-state index in [1.807, 2.05) is 53.1 Å². The molecule has 0 spiro atoms. The minimum Gasteiger partial charge on any atom is -0.368 e. The molecule has 9 heteroatoms. The van der Waals surface area contributed by atoms with Gasteiger partial charge in [0.1, 0.15) is 24.6 Å². The highest BCUT2D eigenvalue weighted by Crippen LogP contribution is 2.40. The molecule has 1 N–H and O–H groups in total. The van der Waals surface area contributed by atoms with Gasteiger partial charge in [0.25, 0.3) is 5.91 Å². The number of carbonyl (C=O) groups excluding carboxylic acids is 1. The van der Waals surface area contributed by atoms with Crippen LogP contribution in [0.4, 0.5) is 5.82 Å². The van der Waals surface area contributed by atoms with E-state index in [-0.39, 0.29) is 24.2 Å². The number of fused-ring (bicyclic) bond motifs is 3. The summed E-state index contributed by atoms with van der Waals surface area (Å²) in [4.78, 5) is 25.7. The van der Waals surface area contributed by atoms with Crippen LogP contribution in [0.1, 0.15) is 22.1 Å². The maximum absolute atomic E-state index is 12.6. The highest BCUT2D eigenvalue weighted by molar-refractivity contribution is 6.06. The fourth-order valence-electron chi connectivity index (χ4n) is 4.32. The molecule has 166 valence electrons. The molecule has 2 fully saturated rings. The lowest BCUT2D eigenvalue weighted by atomic mass is 10.1. The molecule has 0 aliphatic carbocycles. The summed E-state index contributed by atoms with van der Waals surface area (Å²) < 4.78 is 20.2. The highest BCUT2D eigenvalue weighted by Gasteiger charge is 2.53. The van der Waals surface area contributed by atoms with Gasteiger partial charge in [0.15, 0.2) is 23.2 Å². The van der Waals surface area contributed by atoms with Gasteiger partial charge >= 0.3 is 0 Å². The van der Waals surface area contributed by atoms with E-state index >= 15 is 0 Å². The number of benzene rings is 2. The number of imidazole rings is 1. The van der Waals surface area contributed by atoms with E-state index in [2.05, 4.69) is 20.3 Å². The smallest absolute Gasteiger partial charge is 0.256 e. The Hall–Kier alpha value is -3.66. The zero-order chi connectivity index (χ0) is 22.2. The molecule has 33 heavy (non-hydrogen) atoms. The van der Waals surface area contributed by atoms with Crippen LogP contribution in [0, 0.1) is 0 Å². The van der Waals surface area contributed by atoms with Gasteiger partial charge in [-0.1, -0.05) is 48.5 Å². The van der Waals surface area contributed by atoms with Crippen molar-refractivity contribution in [2.45, 2.75) is 31.1 Å². The number of rotatable bonds is 6. The zero-order valence-electron chi connectivity index (χ0n) is 17.6. The average molecular weight is 443 g/mol. The van der Waals surface area contributed by atoms with Crippen molar-refractivity contribution in [3.8, 4) is 0 Å². The Labute approximate surface area is 189 Å². The predicted molar refractivity (Wildman–Crippen MR) is 118 cm³/mol. The van der Waals surface area contributed by atoms with Crippen molar-refractivity contribution >= 4 is 22.9 Å². The summed E-state index contributed by atoms with van der Waals surface area (Å²) in [6.45, 7) is 0.973. The topological polar surface area (TPSA) is 100 Å². The van der Waals surface area contributed by atoms with E-state index in [0.29, 0.717) is 35.8 Å². The zero-order valence-corrected chi connectivity index (χ0v) is 17.6. The summed E-state index contributed by atoms with van der Waals surface area (Å²) in [6, 6.07) is 19.0. The maximum atomic E-state index is 12.6. The molecule has 2 aromatic carbocycles. The molecule has 2 saturated heterocycles. The van der Waals surface area contributed by atoms with Gasteiger partial charge in [-0.15, -0.1) is 0 Å². The largest absolute Gasteiger partial charge is 0.368 e. The summed E-state index contributed by atoms with van der Waals surface area (Å²) in [6.07, 6.45) is 1.97. The van der Waals surface area contributed by atoms with Crippen molar-refractivity contribution in [3.05, 3.63) is 84.4 Å². The third-order valence-electron chi connectivity index (χ3n) is 5.92. The first-order valence-corrected chi connectivity index (χ1v) is 10.7. The van der Waals surface area contributed by atoms with Gasteiger partial charge in [-0.2, -0.15) is 0 Å². The van der Waals surface area contributed by atoms with Crippen LogP contribution in [0.2, 0.25) is 0 Å². The number of aromatic nitrogens is 4. The fraction of sp³-hybridized carbons (Fsp3) is 0.250. The van der Waals surface area contributed by atoms with Gasteiger partial charge in [0.2, 0.25) is 0 Å². The van der Waals surface area contributed by atoms with E-state index in [1.165, 1.54) is 6.33 Å². The second-order valence-corrected chi connectivity index (χ2v) is 7.99. The molecule has 2 aliphatic rings. The van der Waals surface area contributed by atoms with Crippen LogP contribution in [0.15, 0.2) is 73.3 Å². The molecule has 6 rings (SSSR count). The number of hydrogen-bond donors (Lipinski definition) is 1. The predicted octanol–water partition coefficient (Wildman–Crippen LogP) is 2.96. The summed E-state index contributed by atoms with van der Waals surface area (Å²) >= 11 is 0. The van der Waals surface area contributed by atoms with Gasteiger partial charge in [0.05, 0.1) is 19.5 Å². The molecule has 2 aromatic heterocycles. The molecule has 0 saturated carbocycles. The third kappa shape index (κ3) is 3.66. The molecule has 2 bridgehead atoms. The Kier molecular flexibility index (Phi) is 5.06. The number of amides is 1. The first kappa shape index (κ1) is 20.0. The Bertz CT molecular complexity index is 1280. The van der Waals surface area contributed by atoms with Crippen molar-refractivity contribution in [2.75, 3.05) is 11.9 Å². The molecule has 1 amide bonds. The monoisotopic (exact) mass is 443 g/mol. The molecule has 4 atom stereocenters. The lowest BCUT2D eigenvalue weighted by Gasteiger charge is -2.23. The molecular formula is C24H21N5O4. The number of carbonyl (C=O) groups is 1. The van der Waals surface area contributed by atoms with Crippen molar-refractivity contribution in [3.63, 3.8) is 0 Å². The van der Waals surface area contributed by atoms with Gasteiger partial charge in [0, 0.05) is 5.56 Å². The fourth-order valence-corrected chi connectivity index (χ4v) is 4.32. The molecule has 0 unspecified atom stereocenters. The standard InChI is InChI=1S/C24H21N5O4/c30-23(16-9-5-2-6-10-16)28-21-18-22(26-13-25-21)29(14-27-18)24-20-19(17(33-24)12-32-20)31-11-15-7-3-1-4-8-15/h1-10,13-14,17,19-20,24H,11-12H2,(H,25,26,28,30)/t17-,19+,20-,24+/m0/s1. The van der Waals surface area contributed by atoms with Crippen LogP contribution in [0.5, 0.6) is 0 Å². The minimum absolute atomic E-state index is 0.166. The molecular weight excluding hydrogens is 422 g/mol. The lowest BCUT2D eigenvalue weighted by Crippen LogP contribution is -2.29. The third-order valence-corrected chi connectivity index (χ3v) is 5.92. The summed E-state index contributed by atoms with van der Waals surface area (Å²) in [5, 5.41) is 2.82. The van der Waals surface area contributed by atoms with Crippen LogP contribution in [-0.2, 0) is 20.8 Å². The number of nitrogens with zero attached hydrogens (tertiary/aromatic N) is 4. The number of hydrogen-bond acceptors (Lipinski definition) is 7. The van der Waals surface area contributed by atoms with Crippen molar-refractivity contribution in [2.24, 2.45) is 0 Å². The van der Waals surface area contributed by atoms with Crippen molar-refractivity contribution in [1.82, 2.24) is 19.5 Å².